The molecule has 0 saturated carbocycles. The lowest BCUT2D eigenvalue weighted by Gasteiger charge is -2.03. The molecule has 0 radical (unpaired) electrons. The second-order valence-electron chi connectivity index (χ2n) is 3.08. The second kappa shape index (κ2) is 4.85. The number of carbonyl (C=O) groups is 1. The zero-order valence-electron chi connectivity index (χ0n) is 8.71. The van der Waals surface area contributed by atoms with Crippen LogP contribution in [-0.4, -0.2) is 22.0 Å². The molecule has 1 heterocycles. The third-order valence-corrected chi connectivity index (χ3v) is 2.52. The van der Waals surface area contributed by atoms with Crippen LogP contribution in [0.3, 0.4) is 0 Å². The van der Waals surface area contributed by atoms with Crippen LogP contribution < -0.4 is 4.74 Å². The first-order valence-corrected chi connectivity index (χ1v) is 5.69. The van der Waals surface area contributed by atoms with Crippen LogP contribution in [-0.2, 0) is 0 Å². The smallest absolute Gasteiger partial charge is 0.214 e. The van der Waals surface area contributed by atoms with Crippen molar-refractivity contribution < 1.29 is 9.53 Å². The molecule has 0 saturated heterocycles. The first-order valence-electron chi connectivity index (χ1n) is 4.86. The van der Waals surface area contributed by atoms with Crippen molar-refractivity contribution in [2.24, 2.45) is 0 Å². The highest BCUT2D eigenvalue weighted by atomic mass is 32.1. The summed E-state index contributed by atoms with van der Waals surface area (Å²) in [6.07, 6.45) is 0. The third-order valence-electron chi connectivity index (χ3n) is 2.02. The van der Waals surface area contributed by atoms with Crippen LogP contribution in [0.15, 0.2) is 29.6 Å². The molecule has 0 bridgehead atoms. The van der Waals surface area contributed by atoms with Crippen molar-refractivity contribution in [3.05, 3.63) is 40.9 Å². The Bertz CT molecular complexity index is 465. The number of carbonyl (C=O) groups excluding carboxylic acids is 1. The van der Waals surface area contributed by atoms with Gasteiger partial charge in [0.2, 0.25) is 5.78 Å². The molecule has 0 unspecified atom stereocenters. The van der Waals surface area contributed by atoms with Gasteiger partial charge in [0.1, 0.15) is 11.4 Å². The molecule has 1 aromatic heterocycles. The summed E-state index contributed by atoms with van der Waals surface area (Å²) in [5, 5.41) is 5.38. The maximum Gasteiger partial charge on any atom is 0.214 e. The lowest BCUT2D eigenvalue weighted by molar-refractivity contribution is 0.103. The summed E-state index contributed by atoms with van der Waals surface area (Å²) in [6, 6.07) is 7.01. The van der Waals surface area contributed by atoms with Gasteiger partial charge < -0.3 is 4.74 Å². The van der Waals surface area contributed by atoms with Crippen molar-refractivity contribution in [1.29, 1.82) is 0 Å². The quantitative estimate of drug-likeness (QED) is 0.761. The van der Waals surface area contributed by atoms with E-state index in [1.807, 2.05) is 6.92 Å². The Morgan fingerprint density at radius 2 is 2.12 bits per heavy atom. The van der Waals surface area contributed by atoms with E-state index < -0.39 is 0 Å². The van der Waals surface area contributed by atoms with Gasteiger partial charge in [0, 0.05) is 10.9 Å². The van der Waals surface area contributed by atoms with Gasteiger partial charge in [-0.2, -0.15) is 0 Å². The summed E-state index contributed by atoms with van der Waals surface area (Å²) in [5.74, 6) is 0.646. The summed E-state index contributed by atoms with van der Waals surface area (Å²) in [4.78, 5) is 11.8. The molecule has 0 aliphatic rings. The van der Waals surface area contributed by atoms with Crippen LogP contribution in [0.25, 0.3) is 0 Å². The number of rotatable bonds is 4. The average Bonchev–Trinajstić information content (AvgIpc) is 2.83. The summed E-state index contributed by atoms with van der Waals surface area (Å²) in [5.41, 5.74) is 0.977. The van der Waals surface area contributed by atoms with Gasteiger partial charge in [-0.3, -0.25) is 4.79 Å². The molecule has 1 aromatic carbocycles. The van der Waals surface area contributed by atoms with Gasteiger partial charge in [-0.15, -0.1) is 5.10 Å². The number of hydrogen-bond acceptors (Lipinski definition) is 5. The maximum atomic E-state index is 11.8. The van der Waals surface area contributed by atoms with Gasteiger partial charge in [-0.05, 0) is 42.7 Å². The van der Waals surface area contributed by atoms with Gasteiger partial charge in [0.15, 0.2) is 0 Å². The first-order chi connectivity index (χ1) is 7.81. The van der Waals surface area contributed by atoms with Crippen LogP contribution in [0.4, 0.5) is 0 Å². The number of ether oxygens (including phenoxy) is 1. The molecule has 2 aromatic rings. The van der Waals surface area contributed by atoms with Crippen molar-refractivity contribution in [1.82, 2.24) is 9.59 Å². The van der Waals surface area contributed by atoms with E-state index in [9.17, 15) is 4.79 Å². The number of nitrogens with zero attached hydrogens (tertiary/aromatic N) is 2. The predicted octanol–water partition coefficient (Wildman–Crippen LogP) is 2.17. The normalized spacial score (nSPS) is 10.1. The maximum absolute atomic E-state index is 11.8. The van der Waals surface area contributed by atoms with Crippen LogP contribution in [0, 0.1) is 0 Å². The van der Waals surface area contributed by atoms with E-state index in [-0.39, 0.29) is 5.78 Å². The van der Waals surface area contributed by atoms with Gasteiger partial charge in [-0.25, -0.2) is 0 Å². The van der Waals surface area contributed by atoms with Crippen molar-refractivity contribution in [3.8, 4) is 5.75 Å². The lowest BCUT2D eigenvalue weighted by Crippen LogP contribution is -2.01. The third kappa shape index (κ3) is 2.25. The highest BCUT2D eigenvalue weighted by Crippen LogP contribution is 2.14. The number of aromatic nitrogens is 2. The summed E-state index contributed by atoms with van der Waals surface area (Å²) in [6.45, 7) is 2.53. The minimum absolute atomic E-state index is 0.114. The average molecular weight is 234 g/mol. The minimum Gasteiger partial charge on any atom is -0.494 e. The summed E-state index contributed by atoms with van der Waals surface area (Å²) in [7, 11) is 0. The van der Waals surface area contributed by atoms with Gasteiger partial charge in [0.05, 0.1) is 6.61 Å². The Hall–Kier alpha value is -1.75. The number of benzene rings is 1. The number of ketones is 1. The Kier molecular flexibility index (Phi) is 3.26. The highest BCUT2D eigenvalue weighted by Gasteiger charge is 2.11. The molecule has 2 rings (SSSR count). The molecule has 0 atom stereocenters. The molecule has 0 N–H and O–H groups in total. The molecule has 0 aliphatic carbocycles. The molecule has 0 aliphatic heterocycles. The minimum atomic E-state index is -0.114. The van der Waals surface area contributed by atoms with E-state index in [0.29, 0.717) is 17.9 Å². The summed E-state index contributed by atoms with van der Waals surface area (Å²) < 4.78 is 8.96. The Morgan fingerprint density at radius 1 is 1.38 bits per heavy atom. The van der Waals surface area contributed by atoms with E-state index >= 15 is 0 Å². The first kappa shape index (κ1) is 10.8. The van der Waals surface area contributed by atoms with E-state index in [4.69, 9.17) is 4.74 Å². The molecular formula is C11H10N2O2S. The van der Waals surface area contributed by atoms with Crippen LogP contribution >= 0.6 is 11.5 Å². The molecule has 4 nitrogen and oxygen atoms in total. The topological polar surface area (TPSA) is 52.1 Å². The SMILES string of the molecule is CCOc1ccc(C(=O)c2csnn2)cc1. The molecule has 16 heavy (non-hydrogen) atoms. The number of hydrogen-bond donors (Lipinski definition) is 0. The van der Waals surface area contributed by atoms with Crippen molar-refractivity contribution in [2.45, 2.75) is 6.92 Å². The fourth-order valence-electron chi connectivity index (χ4n) is 1.28. The molecule has 5 heteroatoms. The fraction of sp³-hybridized carbons (Fsp3) is 0.182. The Morgan fingerprint density at radius 3 is 2.69 bits per heavy atom. The molecule has 0 spiro atoms. The van der Waals surface area contributed by atoms with E-state index in [0.717, 1.165) is 5.75 Å². The molecule has 82 valence electrons. The van der Waals surface area contributed by atoms with E-state index in [2.05, 4.69) is 9.59 Å². The Balaban J connectivity index is 2.19. The standard InChI is InChI=1S/C11H10N2O2S/c1-2-15-9-5-3-8(4-6-9)11(14)10-7-16-13-12-10/h3-7H,2H2,1H3. The zero-order valence-corrected chi connectivity index (χ0v) is 9.53. The van der Waals surface area contributed by atoms with E-state index in [1.54, 1.807) is 29.6 Å². The highest BCUT2D eigenvalue weighted by molar-refractivity contribution is 7.03. The largest absolute Gasteiger partial charge is 0.494 e. The fourth-order valence-corrected chi connectivity index (χ4v) is 1.72. The Labute approximate surface area is 97.0 Å². The molecule has 0 amide bonds. The molecular weight excluding hydrogens is 224 g/mol. The zero-order chi connectivity index (χ0) is 11.4. The van der Waals surface area contributed by atoms with E-state index in [1.165, 1.54) is 11.5 Å². The lowest BCUT2D eigenvalue weighted by atomic mass is 10.1. The summed E-state index contributed by atoms with van der Waals surface area (Å²) >= 11 is 1.17. The molecule has 0 fully saturated rings. The second-order valence-corrected chi connectivity index (χ2v) is 3.69. The van der Waals surface area contributed by atoms with Crippen molar-refractivity contribution in [3.63, 3.8) is 0 Å². The van der Waals surface area contributed by atoms with Crippen LogP contribution in [0.2, 0.25) is 0 Å². The monoisotopic (exact) mass is 234 g/mol. The van der Waals surface area contributed by atoms with Gasteiger partial charge in [0.25, 0.3) is 0 Å². The predicted molar refractivity (Wildman–Crippen MR) is 61.0 cm³/mol. The van der Waals surface area contributed by atoms with Crippen molar-refractivity contribution in [2.75, 3.05) is 6.61 Å². The van der Waals surface area contributed by atoms with Crippen LogP contribution in [0.1, 0.15) is 23.0 Å². The van der Waals surface area contributed by atoms with Crippen LogP contribution in [0.5, 0.6) is 5.75 Å². The van der Waals surface area contributed by atoms with Gasteiger partial charge in [-0.1, -0.05) is 4.49 Å². The van der Waals surface area contributed by atoms with Gasteiger partial charge >= 0.3 is 0 Å². The van der Waals surface area contributed by atoms with Crippen molar-refractivity contribution >= 4 is 17.3 Å².